The summed E-state index contributed by atoms with van der Waals surface area (Å²) in [6.07, 6.45) is 4.42. The summed E-state index contributed by atoms with van der Waals surface area (Å²) in [6, 6.07) is 8.20. The van der Waals surface area contributed by atoms with Crippen LogP contribution in [0.2, 0.25) is 0 Å². The molecule has 0 unspecified atom stereocenters. The molecular weight excluding hydrogens is 226 g/mol. The van der Waals surface area contributed by atoms with E-state index >= 15 is 0 Å². The van der Waals surface area contributed by atoms with Crippen LogP contribution in [-0.4, -0.2) is 23.9 Å². The van der Waals surface area contributed by atoms with Crippen molar-refractivity contribution in [1.82, 2.24) is 5.32 Å². The van der Waals surface area contributed by atoms with Crippen molar-refractivity contribution in [2.45, 2.75) is 44.7 Å². The third-order valence-corrected chi connectivity index (χ3v) is 3.68. The Bertz CT molecular complexity index is 352. The topological polar surface area (TPSA) is 41.5 Å². The van der Waals surface area contributed by atoms with Crippen molar-refractivity contribution in [2.24, 2.45) is 0 Å². The summed E-state index contributed by atoms with van der Waals surface area (Å²) in [5, 5.41) is 12.8. The van der Waals surface area contributed by atoms with Crippen LogP contribution in [0.4, 0.5) is 0 Å². The van der Waals surface area contributed by atoms with Gasteiger partial charge in [-0.3, -0.25) is 0 Å². The summed E-state index contributed by atoms with van der Waals surface area (Å²) in [5.74, 6) is 0.932. The molecule has 1 aliphatic carbocycles. The van der Waals surface area contributed by atoms with E-state index in [2.05, 4.69) is 24.4 Å². The Kier molecular flexibility index (Phi) is 4.61. The lowest BCUT2D eigenvalue weighted by Crippen LogP contribution is -2.53. The second-order valence-electron chi connectivity index (χ2n) is 5.14. The fraction of sp³-hybridized carbons (Fsp3) is 0.600. The summed E-state index contributed by atoms with van der Waals surface area (Å²) in [6.45, 7) is 3.93. The molecule has 1 aromatic rings. The molecule has 0 amide bonds. The van der Waals surface area contributed by atoms with E-state index in [1.54, 1.807) is 0 Å². The van der Waals surface area contributed by atoms with Crippen LogP contribution >= 0.6 is 0 Å². The van der Waals surface area contributed by atoms with E-state index in [-0.39, 0.29) is 12.1 Å². The first kappa shape index (κ1) is 13.4. The van der Waals surface area contributed by atoms with Crippen LogP contribution < -0.4 is 10.1 Å². The maximum absolute atomic E-state index is 9.37. The van der Waals surface area contributed by atoms with E-state index in [4.69, 9.17) is 4.74 Å². The molecule has 18 heavy (non-hydrogen) atoms. The first-order valence-electron chi connectivity index (χ1n) is 6.86. The van der Waals surface area contributed by atoms with Crippen LogP contribution in [0.1, 0.15) is 38.2 Å². The maximum Gasteiger partial charge on any atom is 0.119 e. The summed E-state index contributed by atoms with van der Waals surface area (Å²) >= 11 is 0. The zero-order valence-electron chi connectivity index (χ0n) is 11.1. The molecule has 100 valence electrons. The highest BCUT2D eigenvalue weighted by molar-refractivity contribution is 5.27. The largest absolute Gasteiger partial charge is 0.494 e. The number of hydrogen-bond acceptors (Lipinski definition) is 3. The standard InChI is InChI=1S/C15H23NO2/c1-2-10-18-14-6-4-13(5-7-14)11-16-15(12-17)8-3-9-15/h4-7,16-17H,2-3,8-12H2,1H3. The first-order valence-corrected chi connectivity index (χ1v) is 6.86. The molecule has 2 N–H and O–H groups in total. The average Bonchev–Trinajstić information content (AvgIpc) is 2.37. The Hall–Kier alpha value is -1.06. The molecule has 0 aliphatic heterocycles. The number of hydrogen-bond donors (Lipinski definition) is 2. The van der Waals surface area contributed by atoms with Gasteiger partial charge in [-0.15, -0.1) is 0 Å². The summed E-state index contributed by atoms with van der Waals surface area (Å²) in [7, 11) is 0. The number of nitrogens with one attached hydrogen (secondary N) is 1. The molecule has 0 saturated heterocycles. The summed E-state index contributed by atoms with van der Waals surface area (Å²) in [4.78, 5) is 0. The molecule has 1 fully saturated rings. The zero-order valence-corrected chi connectivity index (χ0v) is 11.1. The summed E-state index contributed by atoms with van der Waals surface area (Å²) < 4.78 is 5.55. The van der Waals surface area contributed by atoms with Gasteiger partial charge >= 0.3 is 0 Å². The van der Waals surface area contributed by atoms with Crippen molar-refractivity contribution in [3.05, 3.63) is 29.8 Å². The fourth-order valence-electron chi connectivity index (χ4n) is 2.21. The molecule has 1 aromatic carbocycles. The molecule has 2 rings (SSSR count). The molecule has 0 radical (unpaired) electrons. The molecule has 0 atom stereocenters. The van der Waals surface area contributed by atoms with Gasteiger partial charge in [0.05, 0.1) is 13.2 Å². The molecular formula is C15H23NO2. The lowest BCUT2D eigenvalue weighted by Gasteiger charge is -2.41. The van der Waals surface area contributed by atoms with E-state index in [1.165, 1.54) is 12.0 Å². The first-order chi connectivity index (χ1) is 8.78. The fourth-order valence-corrected chi connectivity index (χ4v) is 2.21. The van der Waals surface area contributed by atoms with Gasteiger partial charge in [0.1, 0.15) is 5.75 Å². The maximum atomic E-state index is 9.37. The Morgan fingerprint density at radius 2 is 2.00 bits per heavy atom. The molecule has 0 spiro atoms. The van der Waals surface area contributed by atoms with Gasteiger partial charge in [-0.25, -0.2) is 0 Å². The quantitative estimate of drug-likeness (QED) is 0.780. The van der Waals surface area contributed by atoms with Crippen LogP contribution in [0.15, 0.2) is 24.3 Å². The van der Waals surface area contributed by atoms with Crippen molar-refractivity contribution >= 4 is 0 Å². The van der Waals surface area contributed by atoms with Gasteiger partial charge in [-0.05, 0) is 43.4 Å². The third kappa shape index (κ3) is 3.24. The lowest BCUT2D eigenvalue weighted by atomic mass is 9.77. The van der Waals surface area contributed by atoms with Crippen LogP contribution in [0.5, 0.6) is 5.75 Å². The van der Waals surface area contributed by atoms with Gasteiger partial charge < -0.3 is 15.2 Å². The van der Waals surface area contributed by atoms with Crippen molar-refractivity contribution in [1.29, 1.82) is 0 Å². The highest BCUT2D eigenvalue weighted by Gasteiger charge is 2.35. The normalized spacial score (nSPS) is 17.2. The van der Waals surface area contributed by atoms with Crippen LogP contribution in [0.25, 0.3) is 0 Å². The number of aliphatic hydroxyl groups is 1. The van der Waals surface area contributed by atoms with Crippen molar-refractivity contribution < 1.29 is 9.84 Å². The van der Waals surface area contributed by atoms with Crippen LogP contribution in [0.3, 0.4) is 0 Å². The highest BCUT2D eigenvalue weighted by atomic mass is 16.5. The second-order valence-corrected chi connectivity index (χ2v) is 5.14. The Morgan fingerprint density at radius 3 is 2.50 bits per heavy atom. The van der Waals surface area contributed by atoms with Crippen LogP contribution in [0, 0.1) is 0 Å². The van der Waals surface area contributed by atoms with Gasteiger partial charge in [0.2, 0.25) is 0 Å². The van der Waals surface area contributed by atoms with E-state index in [0.29, 0.717) is 0 Å². The molecule has 0 bridgehead atoms. The smallest absolute Gasteiger partial charge is 0.119 e. The summed E-state index contributed by atoms with van der Waals surface area (Å²) in [5.41, 5.74) is 1.22. The Morgan fingerprint density at radius 1 is 1.28 bits per heavy atom. The second kappa shape index (κ2) is 6.21. The average molecular weight is 249 g/mol. The van der Waals surface area contributed by atoms with Gasteiger partial charge in [0.25, 0.3) is 0 Å². The minimum absolute atomic E-state index is 0.0165. The van der Waals surface area contributed by atoms with E-state index < -0.39 is 0 Å². The molecule has 3 nitrogen and oxygen atoms in total. The number of ether oxygens (including phenoxy) is 1. The third-order valence-electron chi connectivity index (χ3n) is 3.68. The minimum Gasteiger partial charge on any atom is -0.494 e. The van der Waals surface area contributed by atoms with Crippen molar-refractivity contribution in [3.63, 3.8) is 0 Å². The predicted molar refractivity (Wildman–Crippen MR) is 72.7 cm³/mol. The van der Waals surface area contributed by atoms with Gasteiger partial charge in [-0.2, -0.15) is 0 Å². The van der Waals surface area contributed by atoms with Crippen molar-refractivity contribution in [3.8, 4) is 5.75 Å². The SMILES string of the molecule is CCCOc1ccc(CNC2(CO)CCC2)cc1. The predicted octanol–water partition coefficient (Wildman–Crippen LogP) is 2.48. The van der Waals surface area contributed by atoms with Crippen molar-refractivity contribution in [2.75, 3.05) is 13.2 Å². The number of benzene rings is 1. The van der Waals surface area contributed by atoms with E-state index in [9.17, 15) is 5.11 Å². The monoisotopic (exact) mass is 249 g/mol. The number of rotatable bonds is 7. The van der Waals surface area contributed by atoms with Crippen LogP contribution in [-0.2, 0) is 6.54 Å². The minimum atomic E-state index is -0.0165. The molecule has 0 aromatic heterocycles. The number of aliphatic hydroxyl groups excluding tert-OH is 1. The zero-order chi connectivity index (χ0) is 12.8. The molecule has 0 heterocycles. The lowest BCUT2D eigenvalue weighted by molar-refractivity contribution is 0.0872. The molecule has 3 heteroatoms. The molecule has 1 aliphatic rings. The Labute approximate surface area is 109 Å². The van der Waals surface area contributed by atoms with E-state index in [1.807, 2.05) is 12.1 Å². The van der Waals surface area contributed by atoms with Gasteiger partial charge in [0.15, 0.2) is 0 Å². The van der Waals surface area contributed by atoms with Gasteiger partial charge in [-0.1, -0.05) is 19.1 Å². The van der Waals surface area contributed by atoms with Gasteiger partial charge in [0, 0.05) is 12.1 Å². The Balaban J connectivity index is 1.82. The molecule has 1 saturated carbocycles. The highest BCUT2D eigenvalue weighted by Crippen LogP contribution is 2.31. The van der Waals surface area contributed by atoms with E-state index in [0.717, 1.165) is 38.2 Å².